The van der Waals surface area contributed by atoms with Crippen molar-refractivity contribution < 1.29 is 28.9 Å². The molecule has 0 saturated heterocycles. The number of non-ortho nitro benzene ring substituents is 1. The van der Waals surface area contributed by atoms with E-state index >= 15 is 0 Å². The fraction of sp³-hybridized carbons (Fsp3) is 0.179. The Morgan fingerprint density at radius 1 is 0.946 bits per heavy atom. The molecule has 37 heavy (non-hydrogen) atoms. The van der Waals surface area contributed by atoms with Crippen LogP contribution in [0.4, 0.5) is 5.69 Å². The lowest BCUT2D eigenvalue weighted by Gasteiger charge is -2.41. The van der Waals surface area contributed by atoms with Gasteiger partial charge in [-0.3, -0.25) is 10.1 Å². The average molecular weight is 498 g/mol. The van der Waals surface area contributed by atoms with Crippen LogP contribution >= 0.6 is 0 Å². The first kappa shape index (κ1) is 23.9. The van der Waals surface area contributed by atoms with Crippen molar-refractivity contribution in [1.29, 1.82) is 0 Å². The monoisotopic (exact) mass is 497 g/mol. The van der Waals surface area contributed by atoms with E-state index in [1.165, 1.54) is 32.0 Å². The number of nitrogens with zero attached hydrogens (tertiary/aromatic N) is 3. The Labute approximate surface area is 212 Å². The first-order valence-corrected chi connectivity index (χ1v) is 11.6. The molecule has 1 aliphatic rings. The van der Waals surface area contributed by atoms with Crippen molar-refractivity contribution in [3.05, 3.63) is 124 Å². The molecule has 9 nitrogen and oxygen atoms in total. The zero-order valence-electron chi connectivity index (χ0n) is 20.1. The second-order valence-electron chi connectivity index (χ2n) is 9.12. The Balaban J connectivity index is 1.80. The number of ether oxygens (including phenoxy) is 2. The minimum absolute atomic E-state index is 0.177. The topological polar surface area (TPSA) is 118 Å². The number of benzene rings is 2. The van der Waals surface area contributed by atoms with Gasteiger partial charge in [0.25, 0.3) is 5.69 Å². The second-order valence-corrected chi connectivity index (χ2v) is 9.12. The van der Waals surface area contributed by atoms with Gasteiger partial charge >= 0.3 is 5.97 Å². The normalized spacial score (nSPS) is 16.5. The summed E-state index contributed by atoms with van der Waals surface area (Å²) >= 11 is 0. The highest BCUT2D eigenvalue weighted by molar-refractivity contribution is 5.91. The van der Waals surface area contributed by atoms with E-state index in [0.717, 1.165) is 10.9 Å². The molecule has 0 aliphatic carbocycles. The smallest absolute Gasteiger partial charge is 0.338 e. The van der Waals surface area contributed by atoms with Crippen LogP contribution in [0, 0.1) is 10.1 Å². The standard InChI is InChI=1S/C28H23N3O6/c1-28(2)36-26(32)24(27(33)37-28)23(19-10-8-11-20(17-19)31(34)35)25(30-15-6-3-7-16-30)22-14-13-18-9-4-5-12-21(18)29-22/h3-17,23,25H,1-2H3. The maximum Gasteiger partial charge on any atom is 0.338 e. The van der Waals surface area contributed by atoms with Crippen LogP contribution in [0.25, 0.3) is 10.9 Å². The van der Waals surface area contributed by atoms with Crippen LogP contribution in [0.15, 0.2) is 103 Å². The average Bonchev–Trinajstić information content (AvgIpc) is 2.87. The number of carbonyl (C=O) groups excluding carboxylic acids is 1. The maximum atomic E-state index is 13.3. The number of carbonyl (C=O) groups is 1. The van der Waals surface area contributed by atoms with E-state index in [0.29, 0.717) is 11.3 Å². The number of nitro groups is 1. The summed E-state index contributed by atoms with van der Waals surface area (Å²) in [5.74, 6) is -4.15. The lowest BCUT2D eigenvalue weighted by molar-refractivity contribution is -0.716. The Morgan fingerprint density at radius 2 is 1.70 bits per heavy atom. The third-order valence-corrected chi connectivity index (χ3v) is 6.17. The molecule has 4 aromatic rings. The van der Waals surface area contributed by atoms with Crippen LogP contribution in [0.5, 0.6) is 0 Å². The summed E-state index contributed by atoms with van der Waals surface area (Å²) in [5.41, 5.74) is 1.19. The molecule has 2 aromatic heterocycles. The molecule has 0 amide bonds. The van der Waals surface area contributed by atoms with E-state index in [2.05, 4.69) is 0 Å². The van der Waals surface area contributed by atoms with Crippen molar-refractivity contribution in [3.63, 3.8) is 0 Å². The molecule has 5 rings (SSSR count). The molecule has 186 valence electrons. The number of hydrogen-bond donors (Lipinski definition) is 0. The van der Waals surface area contributed by atoms with E-state index in [-0.39, 0.29) is 11.3 Å². The van der Waals surface area contributed by atoms with E-state index in [9.17, 15) is 20.0 Å². The van der Waals surface area contributed by atoms with Crippen LogP contribution < -0.4 is 9.67 Å². The Kier molecular flexibility index (Phi) is 6.04. The molecule has 9 heteroatoms. The van der Waals surface area contributed by atoms with Crippen LogP contribution in [0.2, 0.25) is 0 Å². The predicted molar refractivity (Wildman–Crippen MR) is 131 cm³/mol. The van der Waals surface area contributed by atoms with Crippen molar-refractivity contribution in [2.45, 2.75) is 31.6 Å². The minimum Gasteiger partial charge on any atom is -0.575 e. The van der Waals surface area contributed by atoms with E-state index < -0.39 is 34.6 Å². The van der Waals surface area contributed by atoms with Gasteiger partial charge in [0, 0.05) is 29.7 Å². The van der Waals surface area contributed by atoms with Crippen molar-refractivity contribution in [2.75, 3.05) is 0 Å². The van der Waals surface area contributed by atoms with Crippen LogP contribution in [-0.2, 0) is 14.3 Å². The van der Waals surface area contributed by atoms with Crippen molar-refractivity contribution in [3.8, 4) is 0 Å². The lowest BCUT2D eigenvalue weighted by Crippen LogP contribution is -2.48. The highest BCUT2D eigenvalue weighted by Gasteiger charge is 2.44. The number of aromatic nitrogens is 2. The molecule has 2 aromatic carbocycles. The zero-order chi connectivity index (χ0) is 26.2. The van der Waals surface area contributed by atoms with Gasteiger partial charge in [0.15, 0.2) is 18.2 Å². The Bertz CT molecular complexity index is 1530. The first-order valence-electron chi connectivity index (χ1n) is 11.6. The number of hydrogen-bond acceptors (Lipinski definition) is 7. The lowest BCUT2D eigenvalue weighted by atomic mass is 9.82. The summed E-state index contributed by atoms with van der Waals surface area (Å²) in [6.45, 7) is 2.94. The second kappa shape index (κ2) is 9.34. The summed E-state index contributed by atoms with van der Waals surface area (Å²) in [6.07, 6.45) is 3.58. The minimum atomic E-state index is -1.44. The van der Waals surface area contributed by atoms with Gasteiger partial charge in [0.1, 0.15) is 5.69 Å². The molecule has 0 saturated carbocycles. The number of esters is 1. The summed E-state index contributed by atoms with van der Waals surface area (Å²) in [5, 5.41) is 25.8. The van der Waals surface area contributed by atoms with E-state index in [1.807, 2.05) is 59.2 Å². The van der Waals surface area contributed by atoms with Crippen LogP contribution in [-0.4, -0.2) is 21.7 Å². The third-order valence-electron chi connectivity index (χ3n) is 6.17. The molecule has 2 unspecified atom stereocenters. The van der Waals surface area contributed by atoms with E-state index in [1.54, 1.807) is 18.5 Å². The number of cyclic esters (lactones) is 1. The van der Waals surface area contributed by atoms with Gasteiger partial charge in [0.05, 0.1) is 27.9 Å². The van der Waals surface area contributed by atoms with E-state index in [4.69, 9.17) is 14.5 Å². The SMILES string of the molecule is CC1(C)OC(=O)C(C(c2cccc([N+](=O)[O-])c2)C(c2ccc3ccccc3n2)[n+]2ccccc2)=C([O-])O1. The molecule has 1 aliphatic heterocycles. The quantitative estimate of drug-likeness (QED) is 0.173. The largest absolute Gasteiger partial charge is 0.575 e. The Morgan fingerprint density at radius 3 is 2.43 bits per heavy atom. The van der Waals surface area contributed by atoms with Crippen molar-refractivity contribution in [1.82, 2.24) is 4.98 Å². The molecule has 0 N–H and O–H groups in total. The molecule has 0 bridgehead atoms. The number of nitro benzene ring substituents is 1. The fourth-order valence-electron chi connectivity index (χ4n) is 4.59. The van der Waals surface area contributed by atoms with Gasteiger partial charge in [-0.15, -0.1) is 0 Å². The maximum absolute atomic E-state index is 13.3. The molecule has 0 fully saturated rings. The highest BCUT2D eigenvalue weighted by atomic mass is 16.8. The number of fused-ring (bicyclic) bond motifs is 1. The van der Waals surface area contributed by atoms with Crippen LogP contribution in [0.1, 0.15) is 37.1 Å². The summed E-state index contributed by atoms with van der Waals surface area (Å²) in [4.78, 5) is 29.3. The predicted octanol–water partition coefficient (Wildman–Crippen LogP) is 3.69. The highest BCUT2D eigenvalue weighted by Crippen LogP contribution is 2.41. The van der Waals surface area contributed by atoms with Gasteiger partial charge in [0.2, 0.25) is 6.04 Å². The van der Waals surface area contributed by atoms with Crippen molar-refractivity contribution in [2.24, 2.45) is 0 Å². The molecule has 0 radical (unpaired) electrons. The molecule has 2 atom stereocenters. The van der Waals surface area contributed by atoms with Gasteiger partial charge in [-0.05, 0) is 31.5 Å². The number of rotatable bonds is 6. The van der Waals surface area contributed by atoms with Gasteiger partial charge in [-0.25, -0.2) is 9.78 Å². The molecule has 3 heterocycles. The summed E-state index contributed by atoms with van der Waals surface area (Å²) in [7, 11) is 0. The van der Waals surface area contributed by atoms with Gasteiger partial charge < -0.3 is 14.6 Å². The first-order chi connectivity index (χ1) is 17.7. The summed E-state index contributed by atoms with van der Waals surface area (Å²) in [6, 6.07) is 21.9. The Hall–Kier alpha value is -4.79. The van der Waals surface area contributed by atoms with Crippen LogP contribution in [0.3, 0.4) is 0 Å². The van der Waals surface area contributed by atoms with Crippen molar-refractivity contribution >= 4 is 22.6 Å². The fourth-order valence-corrected chi connectivity index (χ4v) is 4.59. The van der Waals surface area contributed by atoms with Gasteiger partial charge in [-0.1, -0.05) is 42.5 Å². The molecular weight excluding hydrogens is 474 g/mol. The third kappa shape index (κ3) is 4.71. The zero-order valence-corrected chi connectivity index (χ0v) is 20.1. The number of para-hydroxylation sites is 1. The van der Waals surface area contributed by atoms with Gasteiger partial charge in [-0.2, -0.15) is 4.57 Å². The summed E-state index contributed by atoms with van der Waals surface area (Å²) < 4.78 is 12.7. The number of pyridine rings is 2. The molecule has 0 spiro atoms. The molecular formula is C28H23N3O6.